The molecule has 0 radical (unpaired) electrons. The number of benzene rings is 2. The topological polar surface area (TPSA) is 86.5 Å². The molecule has 1 N–H and O–H groups in total. The Morgan fingerprint density at radius 3 is 2.84 bits per heavy atom. The number of furan rings is 1. The van der Waals surface area contributed by atoms with Gasteiger partial charge in [-0.1, -0.05) is 11.6 Å². The Kier molecular flexibility index (Phi) is 5.46. The summed E-state index contributed by atoms with van der Waals surface area (Å²) in [6.45, 7) is 1.14. The number of hydrogen-bond donors (Lipinski definition) is 1. The van der Waals surface area contributed by atoms with E-state index in [-0.39, 0.29) is 16.9 Å². The quantitative estimate of drug-likeness (QED) is 0.391. The van der Waals surface area contributed by atoms with Crippen molar-refractivity contribution >= 4 is 40.3 Å². The fourth-order valence-corrected chi connectivity index (χ4v) is 3.71. The number of ether oxygens (including phenoxy) is 2. The van der Waals surface area contributed by atoms with E-state index in [0.29, 0.717) is 59.0 Å². The van der Waals surface area contributed by atoms with Crippen LogP contribution in [0, 0.1) is 5.82 Å². The highest BCUT2D eigenvalue weighted by Gasteiger charge is 2.22. The third kappa shape index (κ3) is 4.02. The predicted octanol–water partition coefficient (Wildman–Crippen LogP) is 5.41. The minimum atomic E-state index is -0.506. The van der Waals surface area contributed by atoms with Crippen molar-refractivity contribution in [3.05, 3.63) is 65.4 Å². The number of carbonyl (C=O) groups is 1. The first-order valence-electron chi connectivity index (χ1n) is 9.91. The maximum atomic E-state index is 13.5. The first-order valence-corrected chi connectivity index (χ1v) is 10.3. The molecule has 0 saturated carbocycles. The molecule has 0 aliphatic carbocycles. The van der Waals surface area contributed by atoms with Gasteiger partial charge in [0.15, 0.2) is 12.0 Å². The van der Waals surface area contributed by atoms with Crippen molar-refractivity contribution in [3.63, 3.8) is 0 Å². The number of nitrogens with one attached hydrogen (secondary N) is 1. The van der Waals surface area contributed by atoms with Crippen LogP contribution in [0.4, 0.5) is 15.9 Å². The molecule has 2 aromatic carbocycles. The summed E-state index contributed by atoms with van der Waals surface area (Å²) >= 11 is 5.91. The number of hydrogen-bond acceptors (Lipinski definition) is 7. The average Bonchev–Trinajstić information content (AvgIpc) is 3.48. The molecule has 2 aromatic heterocycles. The van der Waals surface area contributed by atoms with Crippen LogP contribution in [-0.4, -0.2) is 35.6 Å². The summed E-state index contributed by atoms with van der Waals surface area (Å²) in [6, 6.07) is 11.3. The van der Waals surface area contributed by atoms with Crippen LogP contribution in [0.2, 0.25) is 5.02 Å². The van der Waals surface area contributed by atoms with E-state index in [0.717, 1.165) is 6.42 Å². The lowest BCUT2D eigenvalue weighted by Crippen LogP contribution is -2.16. The molecule has 0 spiro atoms. The molecule has 1 fully saturated rings. The monoisotopic (exact) mass is 453 g/mol. The van der Waals surface area contributed by atoms with Crippen molar-refractivity contribution < 1.29 is 23.1 Å². The Hall–Kier alpha value is -3.49. The molecule has 4 aromatic rings. The Morgan fingerprint density at radius 2 is 2.09 bits per heavy atom. The van der Waals surface area contributed by atoms with Gasteiger partial charge in [0.2, 0.25) is 0 Å². The predicted molar refractivity (Wildman–Crippen MR) is 117 cm³/mol. The third-order valence-corrected chi connectivity index (χ3v) is 5.40. The van der Waals surface area contributed by atoms with Gasteiger partial charge in [-0.15, -0.1) is 0 Å². The molecular weight excluding hydrogens is 437 g/mol. The van der Waals surface area contributed by atoms with Crippen molar-refractivity contribution in [2.45, 2.75) is 12.5 Å². The van der Waals surface area contributed by atoms with Crippen LogP contribution in [-0.2, 0) is 4.74 Å². The van der Waals surface area contributed by atoms with Crippen LogP contribution < -0.4 is 10.1 Å². The van der Waals surface area contributed by atoms with E-state index in [4.69, 9.17) is 25.5 Å². The van der Waals surface area contributed by atoms with Crippen LogP contribution >= 0.6 is 11.6 Å². The van der Waals surface area contributed by atoms with E-state index in [2.05, 4.69) is 15.3 Å². The van der Waals surface area contributed by atoms with Crippen molar-refractivity contribution in [2.24, 2.45) is 0 Å². The summed E-state index contributed by atoms with van der Waals surface area (Å²) in [7, 11) is 0. The van der Waals surface area contributed by atoms with Crippen LogP contribution in [0.25, 0.3) is 22.2 Å². The smallest absolute Gasteiger partial charge is 0.185 e. The summed E-state index contributed by atoms with van der Waals surface area (Å²) in [4.78, 5) is 19.8. The molecule has 32 heavy (non-hydrogen) atoms. The molecule has 1 aliphatic heterocycles. The Morgan fingerprint density at radius 1 is 1.19 bits per heavy atom. The molecule has 5 rings (SSSR count). The van der Waals surface area contributed by atoms with E-state index < -0.39 is 5.82 Å². The molecule has 9 heteroatoms. The van der Waals surface area contributed by atoms with E-state index >= 15 is 0 Å². The second kappa shape index (κ2) is 8.57. The number of anilines is 2. The van der Waals surface area contributed by atoms with Gasteiger partial charge in [0.25, 0.3) is 0 Å². The van der Waals surface area contributed by atoms with Gasteiger partial charge in [-0.2, -0.15) is 0 Å². The summed E-state index contributed by atoms with van der Waals surface area (Å²) in [6.07, 6.45) is 2.75. The largest absolute Gasteiger partial charge is 0.487 e. The molecule has 162 valence electrons. The lowest BCUT2D eigenvalue weighted by atomic mass is 10.1. The Labute approximate surface area is 187 Å². The first-order chi connectivity index (χ1) is 15.6. The van der Waals surface area contributed by atoms with Gasteiger partial charge in [-0.3, -0.25) is 4.79 Å². The minimum absolute atomic E-state index is 0.000461. The van der Waals surface area contributed by atoms with Crippen LogP contribution in [0.1, 0.15) is 17.0 Å². The second-order valence-corrected chi connectivity index (χ2v) is 7.67. The zero-order valence-corrected chi connectivity index (χ0v) is 17.4. The van der Waals surface area contributed by atoms with Gasteiger partial charge in [0, 0.05) is 23.6 Å². The third-order valence-electron chi connectivity index (χ3n) is 5.11. The normalized spacial score (nSPS) is 15.8. The van der Waals surface area contributed by atoms with Gasteiger partial charge in [0.1, 0.15) is 35.6 Å². The maximum absolute atomic E-state index is 13.5. The van der Waals surface area contributed by atoms with Crippen molar-refractivity contribution in [1.29, 1.82) is 0 Å². The van der Waals surface area contributed by atoms with Crippen molar-refractivity contribution in [3.8, 4) is 17.1 Å². The molecule has 0 amide bonds. The molecule has 3 heterocycles. The second-order valence-electron chi connectivity index (χ2n) is 7.26. The summed E-state index contributed by atoms with van der Waals surface area (Å²) < 4.78 is 30.8. The van der Waals surface area contributed by atoms with Gasteiger partial charge >= 0.3 is 0 Å². The van der Waals surface area contributed by atoms with Crippen LogP contribution in [0.3, 0.4) is 0 Å². The minimum Gasteiger partial charge on any atom is -0.487 e. The Balaban J connectivity index is 1.61. The molecule has 1 aliphatic rings. The Bertz CT molecular complexity index is 1300. The van der Waals surface area contributed by atoms with Gasteiger partial charge < -0.3 is 19.2 Å². The van der Waals surface area contributed by atoms with Crippen LogP contribution in [0.15, 0.2) is 53.2 Å². The first kappa shape index (κ1) is 20.4. The van der Waals surface area contributed by atoms with E-state index in [1.54, 1.807) is 24.3 Å². The van der Waals surface area contributed by atoms with Gasteiger partial charge in [0.05, 0.1) is 29.3 Å². The van der Waals surface area contributed by atoms with E-state index in [9.17, 15) is 9.18 Å². The number of carbonyl (C=O) groups excluding carboxylic acids is 1. The molecule has 7 nitrogen and oxygen atoms in total. The number of rotatable bonds is 6. The number of nitrogens with zero attached hydrogens (tertiary/aromatic N) is 2. The SMILES string of the molecule is O=Cc1ccc(-c2cc3c(Nc4ccc(F)c(Cl)c4)ncnc3cc2OC2CCOC2)o1. The summed E-state index contributed by atoms with van der Waals surface area (Å²) in [5.41, 5.74) is 1.85. The molecule has 1 unspecified atom stereocenters. The molecular formula is C23H17ClFN3O4. The molecule has 1 saturated heterocycles. The zero-order chi connectivity index (χ0) is 22.1. The van der Waals surface area contributed by atoms with E-state index in [1.807, 2.05) is 6.07 Å². The average molecular weight is 454 g/mol. The summed E-state index contributed by atoms with van der Waals surface area (Å²) in [5.74, 6) is 1.24. The number of aromatic nitrogens is 2. The lowest BCUT2D eigenvalue weighted by Gasteiger charge is -2.16. The number of fused-ring (bicyclic) bond motifs is 1. The van der Waals surface area contributed by atoms with E-state index in [1.165, 1.54) is 18.5 Å². The van der Waals surface area contributed by atoms with Crippen molar-refractivity contribution in [2.75, 3.05) is 18.5 Å². The standard InChI is InChI=1S/C23H17ClFN3O4/c24-18-7-13(1-3-19(18)25)28-23-16-8-17(21-4-2-14(10-29)31-21)22(9-20(16)26-12-27-23)32-15-5-6-30-11-15/h1-4,7-10,12,15H,5-6,11H2,(H,26,27,28). The van der Waals surface area contributed by atoms with Crippen molar-refractivity contribution in [1.82, 2.24) is 9.97 Å². The molecule has 1 atom stereocenters. The lowest BCUT2D eigenvalue weighted by molar-refractivity contribution is 0.110. The fraction of sp³-hybridized carbons (Fsp3) is 0.174. The highest BCUT2D eigenvalue weighted by molar-refractivity contribution is 6.31. The van der Waals surface area contributed by atoms with Gasteiger partial charge in [-0.25, -0.2) is 14.4 Å². The number of aldehydes is 1. The zero-order valence-electron chi connectivity index (χ0n) is 16.7. The summed E-state index contributed by atoms with van der Waals surface area (Å²) in [5, 5.41) is 3.84. The highest BCUT2D eigenvalue weighted by Crippen LogP contribution is 2.38. The highest BCUT2D eigenvalue weighted by atomic mass is 35.5. The van der Waals surface area contributed by atoms with Crippen LogP contribution in [0.5, 0.6) is 5.75 Å². The maximum Gasteiger partial charge on any atom is 0.185 e. The fourth-order valence-electron chi connectivity index (χ4n) is 3.53. The molecule has 0 bridgehead atoms. The number of halogens is 2. The van der Waals surface area contributed by atoms with Gasteiger partial charge in [-0.05, 0) is 36.4 Å².